The molecule has 1 fully saturated rings. The predicted molar refractivity (Wildman–Crippen MR) is 68.3 cm³/mol. The molecule has 0 unspecified atom stereocenters. The summed E-state index contributed by atoms with van der Waals surface area (Å²) in [4.78, 5) is 13.7. The Bertz CT molecular complexity index is 403. The first-order valence-corrected chi connectivity index (χ1v) is 6.09. The van der Waals surface area contributed by atoms with Crippen LogP contribution in [0.3, 0.4) is 0 Å². The molecule has 1 aromatic rings. The number of benzene rings is 1. The number of nitrogens with one attached hydrogen (secondary N) is 1. The molecule has 0 saturated carbocycles. The Hall–Kier alpha value is -1.59. The van der Waals surface area contributed by atoms with E-state index in [4.69, 9.17) is 9.84 Å². The molecule has 1 aliphatic heterocycles. The second-order valence-electron chi connectivity index (χ2n) is 4.21. The summed E-state index contributed by atoms with van der Waals surface area (Å²) in [6, 6.07) is 7.42. The molecule has 0 aliphatic carbocycles. The molecule has 1 aromatic carbocycles. The number of rotatable bonds is 4. The zero-order chi connectivity index (χ0) is 12.8. The smallest absolute Gasteiger partial charge is 0.242 e. The summed E-state index contributed by atoms with van der Waals surface area (Å²) in [6.07, 6.45) is 0. The van der Waals surface area contributed by atoms with Gasteiger partial charge in [0.15, 0.2) is 0 Å². The number of anilines is 1. The van der Waals surface area contributed by atoms with Gasteiger partial charge in [-0.2, -0.15) is 0 Å². The van der Waals surface area contributed by atoms with Crippen LogP contribution in [0.5, 0.6) is 0 Å². The van der Waals surface area contributed by atoms with Gasteiger partial charge in [0.2, 0.25) is 5.91 Å². The van der Waals surface area contributed by atoms with Gasteiger partial charge in [0, 0.05) is 18.8 Å². The van der Waals surface area contributed by atoms with E-state index < -0.39 is 0 Å². The molecular formula is C13H18N2O3. The monoisotopic (exact) mass is 250 g/mol. The second kappa shape index (κ2) is 6.37. The minimum atomic E-state index is 0.00688. The van der Waals surface area contributed by atoms with Gasteiger partial charge in [-0.3, -0.25) is 4.79 Å². The Morgan fingerprint density at radius 1 is 1.39 bits per heavy atom. The maximum Gasteiger partial charge on any atom is 0.242 e. The topological polar surface area (TPSA) is 61.8 Å². The number of aliphatic hydroxyl groups excluding tert-OH is 1. The molecule has 5 heteroatoms. The lowest BCUT2D eigenvalue weighted by Crippen LogP contribution is -2.43. The number of hydrogen-bond acceptors (Lipinski definition) is 4. The van der Waals surface area contributed by atoms with Crippen molar-refractivity contribution in [1.82, 2.24) is 4.90 Å². The van der Waals surface area contributed by atoms with E-state index in [1.165, 1.54) is 0 Å². The first kappa shape index (κ1) is 12.9. The predicted octanol–water partition coefficient (Wildman–Crippen LogP) is 0.450. The third-order valence-electron chi connectivity index (χ3n) is 2.92. The van der Waals surface area contributed by atoms with Gasteiger partial charge < -0.3 is 20.1 Å². The van der Waals surface area contributed by atoms with Crippen LogP contribution in [0.25, 0.3) is 0 Å². The fourth-order valence-corrected chi connectivity index (χ4v) is 1.88. The third-order valence-corrected chi connectivity index (χ3v) is 2.92. The summed E-state index contributed by atoms with van der Waals surface area (Å²) >= 11 is 0. The minimum absolute atomic E-state index is 0.00688. The van der Waals surface area contributed by atoms with Gasteiger partial charge in [0.05, 0.1) is 26.4 Å². The molecule has 1 saturated heterocycles. The molecule has 0 spiro atoms. The van der Waals surface area contributed by atoms with Gasteiger partial charge in [-0.15, -0.1) is 0 Å². The SMILES string of the molecule is O=C(CNc1cccc(CO)c1)N1CCOCC1. The molecule has 0 radical (unpaired) electrons. The Kier molecular flexibility index (Phi) is 4.55. The first-order valence-electron chi connectivity index (χ1n) is 6.09. The van der Waals surface area contributed by atoms with E-state index in [9.17, 15) is 4.79 Å². The molecule has 18 heavy (non-hydrogen) atoms. The van der Waals surface area contributed by atoms with Gasteiger partial charge >= 0.3 is 0 Å². The van der Waals surface area contributed by atoms with Gasteiger partial charge in [0.1, 0.15) is 0 Å². The second-order valence-corrected chi connectivity index (χ2v) is 4.21. The van der Waals surface area contributed by atoms with E-state index in [1.54, 1.807) is 4.90 Å². The number of carbonyl (C=O) groups excluding carboxylic acids is 1. The van der Waals surface area contributed by atoms with Crippen LogP contribution < -0.4 is 5.32 Å². The lowest BCUT2D eigenvalue weighted by molar-refractivity contribution is -0.133. The van der Waals surface area contributed by atoms with Crippen molar-refractivity contribution in [3.8, 4) is 0 Å². The van der Waals surface area contributed by atoms with E-state index in [-0.39, 0.29) is 19.1 Å². The molecule has 98 valence electrons. The van der Waals surface area contributed by atoms with Crippen LogP contribution in [0.15, 0.2) is 24.3 Å². The Labute approximate surface area is 106 Å². The van der Waals surface area contributed by atoms with Gasteiger partial charge in [-0.1, -0.05) is 12.1 Å². The fourth-order valence-electron chi connectivity index (χ4n) is 1.88. The molecular weight excluding hydrogens is 232 g/mol. The largest absolute Gasteiger partial charge is 0.392 e. The molecule has 1 amide bonds. The van der Waals surface area contributed by atoms with E-state index >= 15 is 0 Å². The van der Waals surface area contributed by atoms with E-state index in [0.717, 1.165) is 11.3 Å². The standard InChI is InChI=1S/C13H18N2O3/c16-10-11-2-1-3-12(8-11)14-9-13(17)15-4-6-18-7-5-15/h1-3,8,14,16H,4-7,9-10H2. The highest BCUT2D eigenvalue weighted by atomic mass is 16.5. The van der Waals surface area contributed by atoms with Gasteiger partial charge in [0.25, 0.3) is 0 Å². The summed E-state index contributed by atoms with van der Waals surface area (Å²) < 4.78 is 5.20. The summed E-state index contributed by atoms with van der Waals surface area (Å²) in [5.74, 6) is 0.0766. The highest BCUT2D eigenvalue weighted by molar-refractivity contribution is 5.81. The lowest BCUT2D eigenvalue weighted by Gasteiger charge is -2.27. The normalized spacial score (nSPS) is 15.5. The zero-order valence-corrected chi connectivity index (χ0v) is 10.3. The Balaban J connectivity index is 1.84. The molecule has 2 N–H and O–H groups in total. The van der Waals surface area contributed by atoms with Gasteiger partial charge in [-0.25, -0.2) is 0 Å². The van der Waals surface area contributed by atoms with Crippen LogP contribution in [0, 0.1) is 0 Å². The summed E-state index contributed by atoms with van der Waals surface area (Å²) in [6.45, 7) is 2.84. The van der Waals surface area contributed by atoms with Crippen molar-refractivity contribution in [2.24, 2.45) is 0 Å². The maximum atomic E-state index is 11.9. The number of carbonyl (C=O) groups is 1. The highest BCUT2D eigenvalue weighted by Gasteiger charge is 2.16. The molecule has 2 rings (SSSR count). The van der Waals surface area contributed by atoms with Gasteiger partial charge in [-0.05, 0) is 17.7 Å². The van der Waals surface area contributed by atoms with Crippen molar-refractivity contribution in [3.05, 3.63) is 29.8 Å². The molecule has 5 nitrogen and oxygen atoms in total. The summed E-state index contributed by atoms with van der Waals surface area (Å²) in [7, 11) is 0. The summed E-state index contributed by atoms with van der Waals surface area (Å²) in [5.41, 5.74) is 1.68. The zero-order valence-electron chi connectivity index (χ0n) is 10.3. The molecule has 1 heterocycles. The Morgan fingerprint density at radius 3 is 2.89 bits per heavy atom. The highest BCUT2D eigenvalue weighted by Crippen LogP contribution is 2.10. The van der Waals surface area contributed by atoms with Crippen LogP contribution in [0.2, 0.25) is 0 Å². The average molecular weight is 250 g/mol. The number of hydrogen-bond donors (Lipinski definition) is 2. The van der Waals surface area contributed by atoms with Crippen LogP contribution in [-0.2, 0) is 16.1 Å². The van der Waals surface area contributed by atoms with E-state index in [2.05, 4.69) is 5.32 Å². The first-order chi connectivity index (χ1) is 8.79. The van der Waals surface area contributed by atoms with E-state index in [1.807, 2.05) is 24.3 Å². The maximum absolute atomic E-state index is 11.9. The van der Waals surface area contributed by atoms with Crippen molar-refractivity contribution in [3.63, 3.8) is 0 Å². The molecule has 0 bridgehead atoms. The van der Waals surface area contributed by atoms with Crippen LogP contribution in [0.1, 0.15) is 5.56 Å². The van der Waals surface area contributed by atoms with Crippen molar-refractivity contribution in [2.75, 3.05) is 38.2 Å². The average Bonchev–Trinajstić information content (AvgIpc) is 2.46. The number of aliphatic hydroxyl groups is 1. The molecule has 1 aliphatic rings. The van der Waals surface area contributed by atoms with E-state index in [0.29, 0.717) is 26.3 Å². The number of nitrogens with zero attached hydrogens (tertiary/aromatic N) is 1. The van der Waals surface area contributed by atoms with Crippen molar-refractivity contribution in [1.29, 1.82) is 0 Å². The number of amides is 1. The lowest BCUT2D eigenvalue weighted by atomic mass is 10.2. The fraction of sp³-hybridized carbons (Fsp3) is 0.462. The van der Waals surface area contributed by atoms with Crippen molar-refractivity contribution < 1.29 is 14.6 Å². The minimum Gasteiger partial charge on any atom is -0.392 e. The Morgan fingerprint density at radius 2 is 2.17 bits per heavy atom. The van der Waals surface area contributed by atoms with Crippen LogP contribution in [0.4, 0.5) is 5.69 Å². The summed E-state index contributed by atoms with van der Waals surface area (Å²) in [5, 5.41) is 12.1. The van der Waals surface area contributed by atoms with Crippen LogP contribution in [-0.4, -0.2) is 48.8 Å². The van der Waals surface area contributed by atoms with Crippen LogP contribution >= 0.6 is 0 Å². The number of ether oxygens (including phenoxy) is 1. The van der Waals surface area contributed by atoms with Crippen molar-refractivity contribution >= 4 is 11.6 Å². The molecule has 0 atom stereocenters. The van der Waals surface area contributed by atoms with Crippen molar-refractivity contribution in [2.45, 2.75) is 6.61 Å². The molecule has 0 aromatic heterocycles. The third kappa shape index (κ3) is 3.45. The number of morpholine rings is 1. The quantitative estimate of drug-likeness (QED) is 0.814.